The SMILES string of the molecule is CC[C@@H](CO)NC(=O)C1CC(OC)CN1. The van der Waals surface area contributed by atoms with Gasteiger partial charge in [-0.25, -0.2) is 0 Å². The number of hydrogen-bond acceptors (Lipinski definition) is 4. The smallest absolute Gasteiger partial charge is 0.237 e. The van der Waals surface area contributed by atoms with Crippen molar-refractivity contribution in [3.05, 3.63) is 0 Å². The molecule has 1 saturated heterocycles. The van der Waals surface area contributed by atoms with Crippen molar-refractivity contribution < 1.29 is 14.6 Å². The van der Waals surface area contributed by atoms with Gasteiger partial charge in [0.05, 0.1) is 24.8 Å². The van der Waals surface area contributed by atoms with E-state index in [-0.39, 0.29) is 30.7 Å². The van der Waals surface area contributed by atoms with E-state index in [0.717, 1.165) is 6.42 Å². The average molecular weight is 216 g/mol. The van der Waals surface area contributed by atoms with Gasteiger partial charge in [0.2, 0.25) is 5.91 Å². The molecule has 1 fully saturated rings. The van der Waals surface area contributed by atoms with E-state index >= 15 is 0 Å². The molecule has 15 heavy (non-hydrogen) atoms. The van der Waals surface area contributed by atoms with Crippen LogP contribution in [0.25, 0.3) is 0 Å². The third kappa shape index (κ3) is 3.44. The maximum atomic E-state index is 11.7. The molecule has 0 aliphatic carbocycles. The van der Waals surface area contributed by atoms with Crippen molar-refractivity contribution >= 4 is 5.91 Å². The molecule has 0 aromatic heterocycles. The van der Waals surface area contributed by atoms with E-state index < -0.39 is 0 Å². The van der Waals surface area contributed by atoms with E-state index in [2.05, 4.69) is 10.6 Å². The topological polar surface area (TPSA) is 70.6 Å². The zero-order valence-corrected chi connectivity index (χ0v) is 9.32. The zero-order chi connectivity index (χ0) is 11.3. The van der Waals surface area contributed by atoms with Gasteiger partial charge in [-0.05, 0) is 12.8 Å². The Labute approximate surface area is 90.2 Å². The monoisotopic (exact) mass is 216 g/mol. The minimum Gasteiger partial charge on any atom is -0.394 e. The van der Waals surface area contributed by atoms with Gasteiger partial charge in [0.25, 0.3) is 0 Å². The summed E-state index contributed by atoms with van der Waals surface area (Å²) in [5.74, 6) is -0.0459. The summed E-state index contributed by atoms with van der Waals surface area (Å²) in [6.07, 6.45) is 1.56. The molecule has 0 saturated carbocycles. The summed E-state index contributed by atoms with van der Waals surface area (Å²) in [5, 5.41) is 14.8. The molecule has 2 unspecified atom stereocenters. The van der Waals surface area contributed by atoms with Crippen LogP contribution in [0.3, 0.4) is 0 Å². The van der Waals surface area contributed by atoms with Gasteiger partial charge >= 0.3 is 0 Å². The zero-order valence-electron chi connectivity index (χ0n) is 9.32. The third-order valence-electron chi connectivity index (χ3n) is 2.80. The summed E-state index contributed by atoms with van der Waals surface area (Å²) in [6, 6.07) is -0.323. The Morgan fingerprint density at radius 3 is 2.93 bits per heavy atom. The molecule has 0 aromatic carbocycles. The summed E-state index contributed by atoms with van der Waals surface area (Å²) < 4.78 is 5.16. The molecule has 1 aliphatic heterocycles. The second-order valence-corrected chi connectivity index (χ2v) is 3.85. The van der Waals surface area contributed by atoms with Crippen LogP contribution in [-0.2, 0) is 9.53 Å². The highest BCUT2D eigenvalue weighted by atomic mass is 16.5. The number of aliphatic hydroxyl groups is 1. The van der Waals surface area contributed by atoms with E-state index in [0.29, 0.717) is 13.0 Å². The summed E-state index contributed by atoms with van der Waals surface area (Å²) in [7, 11) is 1.65. The fourth-order valence-corrected chi connectivity index (χ4v) is 1.66. The van der Waals surface area contributed by atoms with E-state index in [1.54, 1.807) is 7.11 Å². The average Bonchev–Trinajstić information content (AvgIpc) is 2.74. The van der Waals surface area contributed by atoms with Crippen LogP contribution in [0.2, 0.25) is 0 Å². The number of rotatable bonds is 5. The Morgan fingerprint density at radius 1 is 1.73 bits per heavy atom. The summed E-state index contributed by atoms with van der Waals surface area (Å²) in [4.78, 5) is 11.7. The lowest BCUT2D eigenvalue weighted by molar-refractivity contribution is -0.124. The Morgan fingerprint density at radius 2 is 2.47 bits per heavy atom. The molecular formula is C10H20N2O3. The van der Waals surface area contributed by atoms with Gasteiger partial charge in [0.1, 0.15) is 0 Å². The minimum absolute atomic E-state index is 0.0112. The van der Waals surface area contributed by atoms with Crippen LogP contribution >= 0.6 is 0 Å². The van der Waals surface area contributed by atoms with E-state index in [1.165, 1.54) is 0 Å². The number of nitrogens with one attached hydrogen (secondary N) is 2. The molecule has 3 atom stereocenters. The first-order valence-corrected chi connectivity index (χ1v) is 5.38. The Balaban J connectivity index is 2.34. The number of methoxy groups -OCH3 is 1. The van der Waals surface area contributed by atoms with E-state index in [4.69, 9.17) is 9.84 Å². The van der Waals surface area contributed by atoms with Crippen LogP contribution in [0.1, 0.15) is 19.8 Å². The summed E-state index contributed by atoms with van der Waals surface area (Å²) in [5.41, 5.74) is 0. The Kier molecular flexibility index (Phi) is 5.01. The fraction of sp³-hybridized carbons (Fsp3) is 0.900. The summed E-state index contributed by atoms with van der Waals surface area (Å²) >= 11 is 0. The van der Waals surface area contributed by atoms with Crippen molar-refractivity contribution in [1.29, 1.82) is 0 Å². The molecule has 1 rings (SSSR count). The first-order chi connectivity index (χ1) is 7.21. The van der Waals surface area contributed by atoms with Crippen LogP contribution in [0.5, 0.6) is 0 Å². The predicted octanol–water partition coefficient (Wildman–Crippen LogP) is -0.750. The minimum atomic E-state index is -0.185. The Hall–Kier alpha value is -0.650. The Bertz CT molecular complexity index is 207. The second-order valence-electron chi connectivity index (χ2n) is 3.85. The van der Waals surface area contributed by atoms with Gasteiger partial charge in [0, 0.05) is 13.7 Å². The lowest BCUT2D eigenvalue weighted by Gasteiger charge is -2.17. The van der Waals surface area contributed by atoms with Gasteiger partial charge in [-0.1, -0.05) is 6.92 Å². The van der Waals surface area contributed by atoms with Crippen LogP contribution < -0.4 is 10.6 Å². The summed E-state index contributed by atoms with van der Waals surface area (Å²) in [6.45, 7) is 2.63. The van der Waals surface area contributed by atoms with Crippen LogP contribution in [-0.4, -0.2) is 49.5 Å². The lowest BCUT2D eigenvalue weighted by Crippen LogP contribution is -2.46. The molecule has 0 spiro atoms. The molecule has 1 aliphatic rings. The largest absolute Gasteiger partial charge is 0.394 e. The van der Waals surface area contributed by atoms with E-state index in [1.807, 2.05) is 6.92 Å². The van der Waals surface area contributed by atoms with Gasteiger partial charge in [-0.3, -0.25) is 4.79 Å². The van der Waals surface area contributed by atoms with Crippen molar-refractivity contribution in [1.82, 2.24) is 10.6 Å². The molecule has 1 amide bonds. The molecule has 5 heteroatoms. The molecule has 5 nitrogen and oxygen atoms in total. The van der Waals surface area contributed by atoms with Crippen molar-refractivity contribution in [3.8, 4) is 0 Å². The molecule has 0 radical (unpaired) electrons. The second kappa shape index (κ2) is 6.05. The van der Waals surface area contributed by atoms with Crippen molar-refractivity contribution in [2.75, 3.05) is 20.3 Å². The molecule has 88 valence electrons. The number of ether oxygens (including phenoxy) is 1. The van der Waals surface area contributed by atoms with Gasteiger partial charge in [0.15, 0.2) is 0 Å². The van der Waals surface area contributed by atoms with Gasteiger partial charge in [-0.15, -0.1) is 0 Å². The third-order valence-corrected chi connectivity index (χ3v) is 2.80. The standard InChI is InChI=1S/C10H20N2O3/c1-3-7(6-13)12-10(14)9-4-8(15-2)5-11-9/h7-9,11,13H,3-6H2,1-2H3,(H,12,14)/t7-,8?,9?/m0/s1. The molecule has 3 N–H and O–H groups in total. The van der Waals surface area contributed by atoms with Gasteiger partial charge < -0.3 is 20.5 Å². The first kappa shape index (κ1) is 12.4. The van der Waals surface area contributed by atoms with Gasteiger partial charge in [-0.2, -0.15) is 0 Å². The fourth-order valence-electron chi connectivity index (χ4n) is 1.66. The number of aliphatic hydroxyl groups excluding tert-OH is 1. The maximum absolute atomic E-state index is 11.7. The van der Waals surface area contributed by atoms with Crippen molar-refractivity contribution in [2.45, 2.75) is 38.0 Å². The molecular weight excluding hydrogens is 196 g/mol. The molecule has 0 aromatic rings. The highest BCUT2D eigenvalue weighted by molar-refractivity contribution is 5.82. The van der Waals surface area contributed by atoms with Crippen molar-refractivity contribution in [3.63, 3.8) is 0 Å². The first-order valence-electron chi connectivity index (χ1n) is 5.38. The normalized spacial score (nSPS) is 27.7. The van der Waals surface area contributed by atoms with Crippen LogP contribution in [0.4, 0.5) is 0 Å². The molecule has 1 heterocycles. The highest BCUT2D eigenvalue weighted by Crippen LogP contribution is 2.09. The molecule has 0 bridgehead atoms. The van der Waals surface area contributed by atoms with Crippen molar-refractivity contribution in [2.24, 2.45) is 0 Å². The number of carbonyl (C=O) groups is 1. The highest BCUT2D eigenvalue weighted by Gasteiger charge is 2.29. The number of amides is 1. The van der Waals surface area contributed by atoms with Crippen LogP contribution in [0, 0.1) is 0 Å². The number of carbonyl (C=O) groups excluding carboxylic acids is 1. The quantitative estimate of drug-likeness (QED) is 0.565. The lowest BCUT2D eigenvalue weighted by atomic mass is 10.1. The van der Waals surface area contributed by atoms with Crippen LogP contribution in [0.15, 0.2) is 0 Å². The predicted molar refractivity (Wildman–Crippen MR) is 56.5 cm³/mol. The number of hydrogen-bond donors (Lipinski definition) is 3. The van der Waals surface area contributed by atoms with E-state index in [9.17, 15) is 4.79 Å². The maximum Gasteiger partial charge on any atom is 0.237 e.